The number of fused-ring (bicyclic) bond motifs is 1. The third kappa shape index (κ3) is 11.7. The molecule has 0 saturated carbocycles. The van der Waals surface area contributed by atoms with Crippen molar-refractivity contribution < 1.29 is 44.4 Å². The van der Waals surface area contributed by atoms with E-state index in [9.17, 15) is 9.59 Å². The number of benzene rings is 1. The van der Waals surface area contributed by atoms with E-state index in [-0.39, 0.29) is 23.0 Å². The zero-order chi connectivity index (χ0) is 33.9. The van der Waals surface area contributed by atoms with Crippen LogP contribution in [0.1, 0.15) is 46.0 Å². The van der Waals surface area contributed by atoms with Crippen LogP contribution in [0.5, 0.6) is 0 Å². The second kappa shape index (κ2) is 16.4. The van der Waals surface area contributed by atoms with Crippen LogP contribution in [0.15, 0.2) is 40.5 Å². The van der Waals surface area contributed by atoms with Gasteiger partial charge in [-0.15, -0.1) is 11.3 Å². The van der Waals surface area contributed by atoms with Crippen LogP contribution < -0.4 is 10.9 Å². The van der Waals surface area contributed by atoms with E-state index in [4.69, 9.17) is 44.6 Å². The molecule has 45 heavy (non-hydrogen) atoms. The topological polar surface area (TPSA) is 231 Å². The first-order valence-electron chi connectivity index (χ1n) is 13.8. The molecule has 0 spiro atoms. The van der Waals surface area contributed by atoms with E-state index in [1.165, 1.54) is 11.3 Å². The zero-order valence-corrected chi connectivity index (χ0v) is 26.1. The van der Waals surface area contributed by atoms with Gasteiger partial charge in [0.25, 0.3) is 5.56 Å². The first-order valence-corrected chi connectivity index (χ1v) is 14.6. The van der Waals surface area contributed by atoms with Gasteiger partial charge in [-0.05, 0) is 46.2 Å². The van der Waals surface area contributed by atoms with E-state index in [2.05, 4.69) is 27.0 Å². The van der Waals surface area contributed by atoms with Crippen molar-refractivity contribution in [1.29, 1.82) is 0 Å². The van der Waals surface area contributed by atoms with Crippen LogP contribution in [0.4, 0.5) is 0 Å². The monoisotopic (exact) mass is 647 g/mol. The molecule has 1 aromatic carbocycles. The van der Waals surface area contributed by atoms with Crippen molar-refractivity contribution >= 4 is 51.3 Å². The van der Waals surface area contributed by atoms with Gasteiger partial charge in [0, 0.05) is 36.1 Å². The van der Waals surface area contributed by atoms with Crippen LogP contribution in [0, 0.1) is 0 Å². The van der Waals surface area contributed by atoms with E-state index in [1.54, 1.807) is 0 Å². The molecule has 1 fully saturated rings. The van der Waals surface area contributed by atoms with Crippen molar-refractivity contribution in [3.63, 3.8) is 0 Å². The molecule has 1 amide bonds. The lowest BCUT2D eigenvalue weighted by molar-refractivity contribution is -0.159. The van der Waals surface area contributed by atoms with Crippen molar-refractivity contribution in [2.24, 2.45) is 0 Å². The Morgan fingerprint density at radius 1 is 0.933 bits per heavy atom. The van der Waals surface area contributed by atoms with Crippen LogP contribution in [0.2, 0.25) is 0 Å². The molecule has 0 radical (unpaired) electrons. The minimum atomic E-state index is -1.82. The number of hydrogen-bond acceptors (Lipinski definition) is 10. The fourth-order valence-electron chi connectivity index (χ4n) is 4.36. The smallest absolute Gasteiger partial charge is 0.414 e. The number of nitrogens with zero attached hydrogens (tertiary/aromatic N) is 3. The van der Waals surface area contributed by atoms with Gasteiger partial charge in [0.2, 0.25) is 5.91 Å². The molecule has 244 valence electrons. The highest BCUT2D eigenvalue weighted by Crippen LogP contribution is 2.31. The summed E-state index contributed by atoms with van der Waals surface area (Å²) in [7, 11) is 0. The molecule has 1 aliphatic heterocycles. The Bertz CT molecular complexity index is 1520. The summed E-state index contributed by atoms with van der Waals surface area (Å²) >= 11 is 1.51. The van der Waals surface area contributed by atoms with Gasteiger partial charge in [0.05, 0.1) is 18.0 Å². The molecule has 3 heterocycles. The number of rotatable bonds is 5. The standard InChI is InChI=1S/C25H33N5O2S.2C2H2O4/c1-17(30-12-8-11-29(13-14-30)15-20(31)28-25(2,3)4)22-26-23(32)21-19(16-33-24(21)27-22)18-9-6-5-7-10-18;2*3-1(4)2(5)6/h5-7,9-10,16-17H,8,11-15H2,1-4H3,(H,28,31)(H,26,27,32);2*(H,3,4)(H,5,6). The minimum absolute atomic E-state index is 0.00673. The van der Waals surface area contributed by atoms with Crippen molar-refractivity contribution in [2.75, 3.05) is 32.7 Å². The Hall–Kier alpha value is -4.67. The normalized spacial score (nSPS) is 14.5. The van der Waals surface area contributed by atoms with Gasteiger partial charge in [0.1, 0.15) is 10.7 Å². The van der Waals surface area contributed by atoms with Gasteiger partial charge in [-0.2, -0.15) is 0 Å². The molecule has 6 N–H and O–H groups in total. The van der Waals surface area contributed by atoms with Crippen molar-refractivity contribution in [3.05, 3.63) is 51.9 Å². The number of carboxylic acids is 4. The maximum atomic E-state index is 13.0. The van der Waals surface area contributed by atoms with Gasteiger partial charge in [-0.3, -0.25) is 19.4 Å². The van der Waals surface area contributed by atoms with E-state index < -0.39 is 23.9 Å². The molecular formula is C29H37N5O10S. The van der Waals surface area contributed by atoms with Crippen molar-refractivity contribution in [1.82, 2.24) is 25.1 Å². The molecule has 15 nitrogen and oxygen atoms in total. The molecule has 1 atom stereocenters. The predicted octanol–water partition coefficient (Wildman–Crippen LogP) is 1.95. The summed E-state index contributed by atoms with van der Waals surface area (Å²) in [5, 5.41) is 35.3. The van der Waals surface area contributed by atoms with Crippen molar-refractivity contribution in [3.8, 4) is 11.1 Å². The lowest BCUT2D eigenvalue weighted by atomic mass is 10.1. The fraction of sp³-hybridized carbons (Fsp3) is 0.414. The fourth-order valence-corrected chi connectivity index (χ4v) is 5.32. The summed E-state index contributed by atoms with van der Waals surface area (Å²) in [6, 6.07) is 9.95. The summed E-state index contributed by atoms with van der Waals surface area (Å²) in [6.45, 7) is 11.9. The molecule has 4 rings (SSSR count). The Labute approximate surface area is 262 Å². The van der Waals surface area contributed by atoms with Crippen LogP contribution in [0.25, 0.3) is 21.3 Å². The third-order valence-electron chi connectivity index (χ3n) is 6.36. The summed E-state index contributed by atoms with van der Waals surface area (Å²) in [5.41, 5.74) is 1.65. The van der Waals surface area contributed by atoms with Gasteiger partial charge in [-0.25, -0.2) is 24.2 Å². The Balaban J connectivity index is 0.000000499. The number of hydrogen-bond donors (Lipinski definition) is 6. The number of nitrogens with one attached hydrogen (secondary N) is 2. The Kier molecular flexibility index (Phi) is 13.3. The van der Waals surface area contributed by atoms with E-state index in [1.807, 2.05) is 56.5 Å². The van der Waals surface area contributed by atoms with E-state index >= 15 is 0 Å². The molecule has 3 aromatic rings. The number of carbonyl (C=O) groups is 5. The summed E-state index contributed by atoms with van der Waals surface area (Å²) in [4.78, 5) is 75.0. The SMILES string of the molecule is CC(c1nc2scc(-c3ccccc3)c2c(=O)[nH]1)N1CCCN(CC(=O)NC(C)(C)C)CC1.O=C(O)C(=O)O.O=C(O)C(=O)O. The maximum Gasteiger partial charge on any atom is 0.414 e. The summed E-state index contributed by atoms with van der Waals surface area (Å²) < 4.78 is 0. The number of carboxylic acid groups (broad SMARTS) is 4. The van der Waals surface area contributed by atoms with Crippen LogP contribution in [-0.2, 0) is 24.0 Å². The quantitative estimate of drug-likeness (QED) is 0.218. The lowest BCUT2D eigenvalue weighted by Gasteiger charge is -2.27. The third-order valence-corrected chi connectivity index (χ3v) is 7.23. The summed E-state index contributed by atoms with van der Waals surface area (Å²) in [5.74, 6) is -6.53. The molecule has 1 aliphatic rings. The number of amides is 1. The first-order chi connectivity index (χ1) is 21.0. The van der Waals surface area contributed by atoms with Gasteiger partial charge >= 0.3 is 23.9 Å². The average Bonchev–Trinajstić information content (AvgIpc) is 3.26. The zero-order valence-electron chi connectivity index (χ0n) is 25.3. The number of H-pyrrole nitrogens is 1. The van der Waals surface area contributed by atoms with Crippen molar-refractivity contribution in [2.45, 2.75) is 45.7 Å². The van der Waals surface area contributed by atoms with Crippen LogP contribution in [-0.4, -0.2) is 108 Å². The molecular weight excluding hydrogens is 610 g/mol. The second-order valence-electron chi connectivity index (χ2n) is 11.0. The molecule has 0 bridgehead atoms. The molecule has 2 aromatic heterocycles. The van der Waals surface area contributed by atoms with Gasteiger partial charge in [-0.1, -0.05) is 30.3 Å². The van der Waals surface area contributed by atoms with Crippen LogP contribution in [0.3, 0.4) is 0 Å². The van der Waals surface area contributed by atoms with Gasteiger partial charge < -0.3 is 30.7 Å². The highest BCUT2D eigenvalue weighted by atomic mass is 32.1. The number of carbonyl (C=O) groups excluding carboxylic acids is 1. The molecule has 0 aliphatic carbocycles. The maximum absolute atomic E-state index is 13.0. The molecule has 1 unspecified atom stereocenters. The Morgan fingerprint density at radius 3 is 2.04 bits per heavy atom. The van der Waals surface area contributed by atoms with Gasteiger partial charge in [0.15, 0.2) is 0 Å². The number of aromatic amines is 1. The predicted molar refractivity (Wildman–Crippen MR) is 165 cm³/mol. The highest BCUT2D eigenvalue weighted by molar-refractivity contribution is 7.17. The minimum Gasteiger partial charge on any atom is -0.473 e. The van der Waals surface area contributed by atoms with E-state index in [0.29, 0.717) is 17.8 Å². The summed E-state index contributed by atoms with van der Waals surface area (Å²) in [6.07, 6.45) is 0.969. The lowest BCUT2D eigenvalue weighted by Crippen LogP contribution is -2.46. The first kappa shape index (κ1) is 36.5. The number of thiophene rings is 1. The van der Waals surface area contributed by atoms with E-state index in [0.717, 1.165) is 48.6 Å². The number of aliphatic carboxylic acids is 4. The number of aromatic nitrogens is 2. The van der Waals surface area contributed by atoms with Crippen LogP contribution >= 0.6 is 11.3 Å². The molecule has 16 heteroatoms. The Morgan fingerprint density at radius 2 is 1.51 bits per heavy atom. The average molecular weight is 648 g/mol. The highest BCUT2D eigenvalue weighted by Gasteiger charge is 2.25. The second-order valence-corrected chi connectivity index (χ2v) is 11.9. The molecule has 1 saturated heterocycles. The largest absolute Gasteiger partial charge is 0.473 e.